The van der Waals surface area contributed by atoms with Crippen LogP contribution in [-0.4, -0.2) is 43.6 Å². The normalized spacial score (nSPS) is 15.5. The Morgan fingerprint density at radius 1 is 1.33 bits per heavy atom. The Morgan fingerprint density at radius 2 is 2.11 bits per heavy atom. The van der Waals surface area contributed by atoms with E-state index in [-0.39, 0.29) is 12.5 Å². The van der Waals surface area contributed by atoms with Crippen molar-refractivity contribution in [3.8, 4) is 0 Å². The number of fused-ring (bicyclic) bond motifs is 1. The van der Waals surface area contributed by atoms with Crippen LogP contribution in [0.2, 0.25) is 0 Å². The van der Waals surface area contributed by atoms with E-state index >= 15 is 0 Å². The summed E-state index contributed by atoms with van der Waals surface area (Å²) in [6.07, 6.45) is 3.72. The molecule has 1 N–H and O–H groups in total. The number of carbonyl (C=O) groups excluding carboxylic acids is 1. The second-order valence-corrected chi connectivity index (χ2v) is 8.40. The first-order valence-corrected chi connectivity index (χ1v) is 10.7. The van der Waals surface area contributed by atoms with Crippen LogP contribution in [0.15, 0.2) is 24.3 Å². The Labute approximate surface area is 167 Å². The van der Waals surface area contributed by atoms with E-state index in [1.54, 1.807) is 11.3 Å². The number of amides is 1. The number of rotatable bonds is 5. The number of hydrogen-bond donors (Lipinski definition) is 1. The highest BCUT2D eigenvalue weighted by molar-refractivity contribution is 7.71. The molecule has 0 bridgehead atoms. The van der Waals surface area contributed by atoms with Crippen molar-refractivity contribution >= 4 is 39.7 Å². The van der Waals surface area contributed by atoms with Crippen LogP contribution in [0.25, 0.3) is 10.2 Å². The van der Waals surface area contributed by atoms with Gasteiger partial charge in [-0.1, -0.05) is 19.1 Å². The number of nitrogens with zero attached hydrogens (tertiary/aromatic N) is 4. The maximum absolute atomic E-state index is 12.8. The summed E-state index contributed by atoms with van der Waals surface area (Å²) in [5.74, 6) is 1.42. The van der Waals surface area contributed by atoms with Crippen molar-refractivity contribution in [1.82, 2.24) is 24.6 Å². The van der Waals surface area contributed by atoms with Crippen molar-refractivity contribution in [2.45, 2.75) is 45.1 Å². The molecule has 0 radical (unpaired) electrons. The van der Waals surface area contributed by atoms with E-state index in [1.165, 1.54) is 9.71 Å². The number of para-hydroxylation sites is 1. The molecule has 0 unspecified atom stereocenters. The average Bonchev–Trinajstić information content (AvgIpc) is 3.27. The topological polar surface area (TPSA) is 66.8 Å². The quantitative estimate of drug-likeness (QED) is 0.658. The van der Waals surface area contributed by atoms with E-state index in [4.69, 9.17) is 17.2 Å². The molecule has 1 fully saturated rings. The molecular formula is C19H23N5OS2. The Morgan fingerprint density at radius 3 is 2.85 bits per heavy atom. The smallest absolute Gasteiger partial charge is 0.242 e. The molecule has 8 heteroatoms. The fourth-order valence-corrected chi connectivity index (χ4v) is 4.96. The van der Waals surface area contributed by atoms with Gasteiger partial charge in [0.2, 0.25) is 5.91 Å². The minimum absolute atomic E-state index is 0.118. The number of likely N-dealkylation sites (tertiary alicyclic amines) is 1. The fourth-order valence-electron chi connectivity index (χ4n) is 3.60. The van der Waals surface area contributed by atoms with Gasteiger partial charge in [0.15, 0.2) is 4.77 Å². The van der Waals surface area contributed by atoms with E-state index < -0.39 is 0 Å². The maximum atomic E-state index is 12.8. The first-order valence-electron chi connectivity index (χ1n) is 9.43. The molecule has 1 aliphatic rings. The minimum atomic E-state index is 0.118. The van der Waals surface area contributed by atoms with Crippen LogP contribution in [0.5, 0.6) is 0 Å². The lowest BCUT2D eigenvalue weighted by Crippen LogP contribution is -2.40. The molecule has 1 aliphatic heterocycles. The second-order valence-electron chi connectivity index (χ2n) is 6.96. The van der Waals surface area contributed by atoms with Gasteiger partial charge in [0.1, 0.15) is 12.4 Å². The zero-order valence-corrected chi connectivity index (χ0v) is 17.0. The van der Waals surface area contributed by atoms with Crippen LogP contribution < -0.4 is 0 Å². The van der Waals surface area contributed by atoms with Crippen LogP contribution in [0.3, 0.4) is 0 Å². The van der Waals surface area contributed by atoms with E-state index in [2.05, 4.69) is 35.3 Å². The summed E-state index contributed by atoms with van der Waals surface area (Å²) in [5.41, 5.74) is 1.08. The minimum Gasteiger partial charge on any atom is -0.341 e. The van der Waals surface area contributed by atoms with Gasteiger partial charge in [-0.3, -0.25) is 14.5 Å². The van der Waals surface area contributed by atoms with E-state index in [9.17, 15) is 4.79 Å². The lowest BCUT2D eigenvalue weighted by atomic mass is 9.97. The standard InChI is InChI=1S/C19H23N5OS2/c1-2-5-16-21-22-19(26)24(16)12-17(25)23-10-8-13(9-11-23)18-20-14-6-3-4-7-15(14)27-18/h3-4,6-7,13H,2,5,8-12H2,1H3,(H,22,26). The highest BCUT2D eigenvalue weighted by atomic mass is 32.1. The molecule has 1 amide bonds. The number of carbonyl (C=O) groups is 1. The molecule has 142 valence electrons. The van der Waals surface area contributed by atoms with Gasteiger partial charge < -0.3 is 4.90 Å². The first-order chi connectivity index (χ1) is 13.2. The second kappa shape index (κ2) is 7.90. The molecule has 0 aliphatic carbocycles. The predicted octanol–water partition coefficient (Wildman–Crippen LogP) is 3.91. The molecule has 1 saturated heterocycles. The SMILES string of the molecule is CCCc1n[nH]c(=S)n1CC(=O)N1CCC(c2nc3ccccc3s2)CC1. The molecular weight excluding hydrogens is 378 g/mol. The number of aryl methyl sites for hydroxylation is 1. The van der Waals surface area contributed by atoms with Crippen LogP contribution in [0.1, 0.15) is 42.9 Å². The van der Waals surface area contributed by atoms with Crippen molar-refractivity contribution in [3.63, 3.8) is 0 Å². The van der Waals surface area contributed by atoms with Crippen LogP contribution >= 0.6 is 23.6 Å². The van der Waals surface area contributed by atoms with Gasteiger partial charge in [-0.05, 0) is 43.6 Å². The van der Waals surface area contributed by atoms with Crippen molar-refractivity contribution in [3.05, 3.63) is 39.9 Å². The summed E-state index contributed by atoms with van der Waals surface area (Å²) < 4.78 is 3.60. The van der Waals surface area contributed by atoms with Gasteiger partial charge in [-0.25, -0.2) is 4.98 Å². The molecule has 2 aromatic heterocycles. The van der Waals surface area contributed by atoms with Crippen molar-refractivity contribution < 1.29 is 4.79 Å². The summed E-state index contributed by atoms with van der Waals surface area (Å²) >= 11 is 7.07. The van der Waals surface area contributed by atoms with Gasteiger partial charge in [0.05, 0.1) is 15.2 Å². The van der Waals surface area contributed by atoms with Gasteiger partial charge in [0, 0.05) is 25.4 Å². The fraction of sp³-hybridized carbons (Fsp3) is 0.474. The average molecular weight is 402 g/mol. The van der Waals surface area contributed by atoms with Crippen LogP contribution in [0.4, 0.5) is 0 Å². The lowest BCUT2D eigenvalue weighted by Gasteiger charge is -2.31. The number of nitrogens with one attached hydrogen (secondary N) is 1. The van der Waals surface area contributed by atoms with E-state index in [0.29, 0.717) is 10.7 Å². The largest absolute Gasteiger partial charge is 0.341 e. The number of aromatic amines is 1. The third kappa shape index (κ3) is 3.82. The molecule has 1 aromatic carbocycles. The maximum Gasteiger partial charge on any atom is 0.242 e. The van der Waals surface area contributed by atoms with Gasteiger partial charge in [-0.15, -0.1) is 11.3 Å². The van der Waals surface area contributed by atoms with Gasteiger partial charge in [-0.2, -0.15) is 5.10 Å². The first kappa shape index (κ1) is 18.3. The number of benzene rings is 1. The Bertz CT molecular complexity index is 964. The Kier molecular flexibility index (Phi) is 5.36. The summed E-state index contributed by atoms with van der Waals surface area (Å²) in [5, 5.41) is 8.25. The molecule has 3 aromatic rings. The lowest BCUT2D eigenvalue weighted by molar-refractivity contribution is -0.133. The number of H-pyrrole nitrogens is 1. The van der Waals surface area contributed by atoms with Crippen molar-refractivity contribution in [2.75, 3.05) is 13.1 Å². The summed E-state index contributed by atoms with van der Waals surface area (Å²) in [4.78, 5) is 19.5. The molecule has 27 heavy (non-hydrogen) atoms. The summed E-state index contributed by atoms with van der Waals surface area (Å²) in [7, 11) is 0. The third-order valence-corrected chi connectivity index (χ3v) is 6.62. The van der Waals surface area contributed by atoms with E-state index in [1.807, 2.05) is 15.5 Å². The van der Waals surface area contributed by atoms with Crippen molar-refractivity contribution in [2.24, 2.45) is 0 Å². The Hall–Kier alpha value is -2.06. The van der Waals surface area contributed by atoms with Gasteiger partial charge >= 0.3 is 0 Å². The zero-order chi connectivity index (χ0) is 18.8. The van der Waals surface area contributed by atoms with Gasteiger partial charge in [0.25, 0.3) is 0 Å². The van der Waals surface area contributed by atoms with E-state index in [0.717, 1.165) is 50.1 Å². The third-order valence-electron chi connectivity index (χ3n) is 5.11. The highest BCUT2D eigenvalue weighted by Crippen LogP contribution is 2.33. The number of piperidine rings is 1. The molecule has 0 saturated carbocycles. The summed E-state index contributed by atoms with van der Waals surface area (Å²) in [6.45, 7) is 3.91. The molecule has 6 nitrogen and oxygen atoms in total. The number of hydrogen-bond acceptors (Lipinski definition) is 5. The monoisotopic (exact) mass is 401 g/mol. The molecule has 4 rings (SSSR count). The number of aromatic nitrogens is 4. The predicted molar refractivity (Wildman–Crippen MR) is 110 cm³/mol. The highest BCUT2D eigenvalue weighted by Gasteiger charge is 2.26. The zero-order valence-electron chi connectivity index (χ0n) is 15.4. The molecule has 0 atom stereocenters. The van der Waals surface area contributed by atoms with Crippen LogP contribution in [0, 0.1) is 4.77 Å². The number of thiazole rings is 1. The van der Waals surface area contributed by atoms with Crippen LogP contribution in [-0.2, 0) is 17.8 Å². The summed E-state index contributed by atoms with van der Waals surface area (Å²) in [6, 6.07) is 8.27. The Balaban J connectivity index is 1.39. The van der Waals surface area contributed by atoms with Crippen molar-refractivity contribution in [1.29, 1.82) is 0 Å². The molecule has 0 spiro atoms. The molecule has 3 heterocycles.